The van der Waals surface area contributed by atoms with Crippen LogP contribution < -0.4 is 5.32 Å². The Hall–Kier alpha value is -2.63. The Labute approximate surface area is 171 Å². The van der Waals surface area contributed by atoms with E-state index in [0.29, 0.717) is 18.4 Å². The fourth-order valence-electron chi connectivity index (χ4n) is 4.23. The van der Waals surface area contributed by atoms with Gasteiger partial charge in [0.2, 0.25) is 0 Å². The molecule has 152 valence electrons. The third-order valence-electron chi connectivity index (χ3n) is 6.14. The molecule has 1 aliphatic heterocycles. The number of benzene rings is 2. The summed E-state index contributed by atoms with van der Waals surface area (Å²) in [5.41, 5.74) is 3.08. The van der Waals surface area contributed by atoms with Gasteiger partial charge in [-0.25, -0.2) is 0 Å². The predicted octanol–water partition coefficient (Wildman–Crippen LogP) is 3.18. The van der Waals surface area contributed by atoms with E-state index in [4.69, 9.17) is 0 Å². The van der Waals surface area contributed by atoms with Crippen molar-refractivity contribution in [1.29, 1.82) is 0 Å². The van der Waals surface area contributed by atoms with Gasteiger partial charge in [0.25, 0.3) is 5.91 Å². The molecule has 4 rings (SSSR count). The summed E-state index contributed by atoms with van der Waals surface area (Å²) in [4.78, 5) is 15.4. The lowest BCUT2D eigenvalue weighted by Gasteiger charge is -2.36. The summed E-state index contributed by atoms with van der Waals surface area (Å²) in [5, 5.41) is 14.8. The zero-order valence-corrected chi connectivity index (χ0v) is 17.2. The Bertz CT molecular complexity index is 1000. The summed E-state index contributed by atoms with van der Waals surface area (Å²) < 4.78 is 2.20. The molecule has 0 atom stereocenters. The van der Waals surface area contributed by atoms with Gasteiger partial charge in [0, 0.05) is 42.8 Å². The molecular formula is C24H29N3O2. The van der Waals surface area contributed by atoms with E-state index in [9.17, 15) is 9.90 Å². The van der Waals surface area contributed by atoms with E-state index in [1.807, 2.05) is 43.3 Å². The summed E-state index contributed by atoms with van der Waals surface area (Å²) in [6.07, 6.45) is 1.36. The number of aliphatic hydroxyl groups is 1. The maximum atomic E-state index is 13.1. The van der Waals surface area contributed by atoms with Gasteiger partial charge in [0.1, 0.15) is 0 Å². The van der Waals surface area contributed by atoms with Crippen molar-refractivity contribution in [3.8, 4) is 0 Å². The molecule has 0 aliphatic carbocycles. The molecule has 0 unspecified atom stereocenters. The number of hydrogen-bond donors (Lipinski definition) is 2. The van der Waals surface area contributed by atoms with Crippen LogP contribution in [0.3, 0.4) is 0 Å². The highest BCUT2D eigenvalue weighted by Gasteiger charge is 2.32. The van der Waals surface area contributed by atoms with Gasteiger partial charge in [-0.3, -0.25) is 4.79 Å². The fourth-order valence-corrected chi connectivity index (χ4v) is 4.23. The Balaban J connectivity index is 1.60. The molecule has 29 heavy (non-hydrogen) atoms. The standard InChI is InChI=1S/C24H29N3O2/c1-18-22(23(28)25-17-24(29)12-14-26(2)15-13-24)20-10-6-7-11-21(20)27(18)16-19-8-4-3-5-9-19/h3-11,29H,12-17H2,1-2H3,(H,25,28). The minimum absolute atomic E-state index is 0.113. The van der Waals surface area contributed by atoms with Gasteiger partial charge in [-0.05, 0) is 38.4 Å². The highest BCUT2D eigenvalue weighted by atomic mass is 16.3. The van der Waals surface area contributed by atoms with Gasteiger partial charge in [-0.15, -0.1) is 0 Å². The van der Waals surface area contributed by atoms with Gasteiger partial charge >= 0.3 is 0 Å². The second-order valence-electron chi connectivity index (χ2n) is 8.26. The van der Waals surface area contributed by atoms with Gasteiger partial charge in [-0.1, -0.05) is 48.5 Å². The van der Waals surface area contributed by atoms with Crippen LogP contribution in [0.15, 0.2) is 54.6 Å². The van der Waals surface area contributed by atoms with Crippen molar-refractivity contribution in [2.45, 2.75) is 31.9 Å². The quantitative estimate of drug-likeness (QED) is 0.702. The average Bonchev–Trinajstić information content (AvgIpc) is 3.01. The number of carbonyl (C=O) groups excluding carboxylic acids is 1. The first-order valence-corrected chi connectivity index (χ1v) is 10.3. The van der Waals surface area contributed by atoms with Crippen LogP contribution in [0.4, 0.5) is 0 Å². The number of para-hydroxylation sites is 1. The predicted molar refractivity (Wildman–Crippen MR) is 116 cm³/mol. The number of nitrogens with zero attached hydrogens (tertiary/aromatic N) is 2. The monoisotopic (exact) mass is 391 g/mol. The number of fused-ring (bicyclic) bond motifs is 1. The van der Waals surface area contributed by atoms with E-state index in [1.54, 1.807) is 0 Å². The SMILES string of the molecule is Cc1c(C(=O)NCC2(O)CCN(C)CC2)c2ccccc2n1Cc1ccccc1. The topological polar surface area (TPSA) is 57.5 Å². The van der Waals surface area contributed by atoms with E-state index in [-0.39, 0.29) is 12.5 Å². The van der Waals surface area contributed by atoms with Crippen LogP contribution in [0, 0.1) is 6.92 Å². The molecule has 2 N–H and O–H groups in total. The number of amides is 1. The minimum Gasteiger partial charge on any atom is -0.388 e. The van der Waals surface area contributed by atoms with Gasteiger partial charge in [0.15, 0.2) is 0 Å². The van der Waals surface area contributed by atoms with Crippen LogP contribution in [0.1, 0.15) is 34.5 Å². The van der Waals surface area contributed by atoms with Crippen LogP contribution in [0.5, 0.6) is 0 Å². The van der Waals surface area contributed by atoms with Crippen LogP contribution in [-0.2, 0) is 6.54 Å². The first-order chi connectivity index (χ1) is 14.0. The maximum Gasteiger partial charge on any atom is 0.253 e. The highest BCUT2D eigenvalue weighted by Crippen LogP contribution is 2.27. The number of rotatable bonds is 5. The average molecular weight is 392 g/mol. The van der Waals surface area contributed by atoms with Crippen molar-refractivity contribution in [3.63, 3.8) is 0 Å². The first kappa shape index (κ1) is 19.7. The lowest BCUT2D eigenvalue weighted by molar-refractivity contribution is -0.0135. The molecule has 0 radical (unpaired) electrons. The summed E-state index contributed by atoms with van der Waals surface area (Å²) >= 11 is 0. The third kappa shape index (κ3) is 4.07. The van der Waals surface area contributed by atoms with Crippen molar-refractivity contribution in [2.24, 2.45) is 0 Å². The number of likely N-dealkylation sites (tertiary alicyclic amines) is 1. The van der Waals surface area contributed by atoms with Gasteiger partial charge in [-0.2, -0.15) is 0 Å². The van der Waals surface area contributed by atoms with E-state index >= 15 is 0 Å². The Morgan fingerprint density at radius 3 is 2.45 bits per heavy atom. The summed E-state index contributed by atoms with van der Waals surface area (Å²) in [6.45, 7) is 4.71. The molecule has 0 saturated carbocycles. The molecule has 1 aromatic heterocycles. The zero-order valence-electron chi connectivity index (χ0n) is 17.2. The molecule has 1 aliphatic rings. The van der Waals surface area contributed by atoms with Crippen molar-refractivity contribution >= 4 is 16.8 Å². The van der Waals surface area contributed by atoms with Crippen LogP contribution in [0.25, 0.3) is 10.9 Å². The second kappa shape index (κ2) is 8.01. The largest absolute Gasteiger partial charge is 0.388 e. The lowest BCUT2D eigenvalue weighted by Crippen LogP contribution is -2.50. The number of piperidine rings is 1. The second-order valence-corrected chi connectivity index (χ2v) is 8.26. The molecule has 2 heterocycles. The van der Waals surface area contributed by atoms with Crippen molar-refractivity contribution in [2.75, 3.05) is 26.7 Å². The number of hydrogen-bond acceptors (Lipinski definition) is 3. The highest BCUT2D eigenvalue weighted by molar-refractivity contribution is 6.08. The van der Waals surface area contributed by atoms with E-state index in [2.05, 4.69) is 40.0 Å². The van der Waals surface area contributed by atoms with Crippen molar-refractivity contribution in [3.05, 3.63) is 71.4 Å². The molecular weight excluding hydrogens is 362 g/mol. The normalized spacial score (nSPS) is 16.8. The van der Waals surface area contributed by atoms with Gasteiger partial charge in [0.05, 0.1) is 11.2 Å². The molecule has 0 bridgehead atoms. The zero-order chi connectivity index (χ0) is 20.4. The van der Waals surface area contributed by atoms with E-state index < -0.39 is 5.60 Å². The molecule has 0 spiro atoms. The molecule has 5 nitrogen and oxygen atoms in total. The molecule has 3 aromatic rings. The molecule has 1 amide bonds. The van der Waals surface area contributed by atoms with E-state index in [1.165, 1.54) is 5.56 Å². The van der Waals surface area contributed by atoms with Gasteiger partial charge < -0.3 is 19.9 Å². The smallest absolute Gasteiger partial charge is 0.253 e. The number of aromatic nitrogens is 1. The fraction of sp³-hybridized carbons (Fsp3) is 0.375. The Kier molecular flexibility index (Phi) is 5.43. The van der Waals surface area contributed by atoms with E-state index in [0.717, 1.165) is 36.2 Å². The first-order valence-electron chi connectivity index (χ1n) is 10.3. The van der Waals surface area contributed by atoms with Crippen LogP contribution in [0.2, 0.25) is 0 Å². The Morgan fingerprint density at radius 2 is 1.72 bits per heavy atom. The lowest BCUT2D eigenvalue weighted by atomic mass is 9.91. The molecule has 5 heteroatoms. The molecule has 1 fully saturated rings. The number of carbonyl (C=O) groups is 1. The van der Waals surface area contributed by atoms with Crippen molar-refractivity contribution in [1.82, 2.24) is 14.8 Å². The molecule has 2 aromatic carbocycles. The summed E-state index contributed by atoms with van der Waals surface area (Å²) in [7, 11) is 2.06. The van der Waals surface area contributed by atoms with Crippen LogP contribution in [-0.4, -0.2) is 52.8 Å². The third-order valence-corrected chi connectivity index (χ3v) is 6.14. The maximum absolute atomic E-state index is 13.1. The molecule has 1 saturated heterocycles. The number of nitrogens with one attached hydrogen (secondary N) is 1. The summed E-state index contributed by atoms with van der Waals surface area (Å²) in [6, 6.07) is 18.3. The Morgan fingerprint density at radius 1 is 1.07 bits per heavy atom. The van der Waals surface area contributed by atoms with Crippen molar-refractivity contribution < 1.29 is 9.90 Å². The summed E-state index contributed by atoms with van der Waals surface area (Å²) in [5.74, 6) is -0.113. The van der Waals surface area contributed by atoms with Crippen LogP contribution >= 0.6 is 0 Å². The minimum atomic E-state index is -0.821.